The third kappa shape index (κ3) is 5.49. The van der Waals surface area contributed by atoms with Crippen LogP contribution in [0.5, 0.6) is 17.2 Å². The molecule has 0 bridgehead atoms. The SMILES string of the molecule is CN=C(NCc1nc(-c2ccc(OC)cc2)n[nH]1)N1CCc2cc(OC)c(OC)cc2C1.I. The van der Waals surface area contributed by atoms with Crippen molar-refractivity contribution in [1.29, 1.82) is 0 Å². The van der Waals surface area contributed by atoms with Crippen molar-refractivity contribution in [3.8, 4) is 28.6 Å². The molecule has 0 saturated carbocycles. The van der Waals surface area contributed by atoms with E-state index in [1.165, 1.54) is 11.1 Å². The van der Waals surface area contributed by atoms with Crippen LogP contribution in [-0.2, 0) is 19.5 Å². The van der Waals surface area contributed by atoms with Gasteiger partial charge >= 0.3 is 0 Å². The highest BCUT2D eigenvalue weighted by molar-refractivity contribution is 14.0. The lowest BCUT2D eigenvalue weighted by molar-refractivity contribution is 0.346. The summed E-state index contributed by atoms with van der Waals surface area (Å²) in [6.07, 6.45) is 0.903. The quantitative estimate of drug-likeness (QED) is 0.270. The Hall–Kier alpha value is -3.02. The van der Waals surface area contributed by atoms with Crippen LogP contribution in [0.1, 0.15) is 17.0 Å². The molecule has 0 fully saturated rings. The molecule has 0 saturated heterocycles. The maximum atomic E-state index is 5.47. The first-order chi connectivity index (χ1) is 15.6. The van der Waals surface area contributed by atoms with Gasteiger partial charge in [-0.15, -0.1) is 24.0 Å². The number of H-pyrrole nitrogens is 1. The molecule has 2 N–H and O–H groups in total. The number of aromatic amines is 1. The van der Waals surface area contributed by atoms with E-state index >= 15 is 0 Å². The van der Waals surface area contributed by atoms with Crippen molar-refractivity contribution in [1.82, 2.24) is 25.4 Å². The lowest BCUT2D eigenvalue weighted by atomic mass is 9.99. The molecular formula is C23H29IN6O3. The Bertz CT molecular complexity index is 1100. The second-order valence-corrected chi connectivity index (χ2v) is 7.38. The minimum atomic E-state index is 0. The molecule has 176 valence electrons. The van der Waals surface area contributed by atoms with Gasteiger partial charge in [0.05, 0.1) is 27.9 Å². The lowest BCUT2D eigenvalue weighted by Gasteiger charge is -2.32. The standard InChI is InChI=1S/C23H28N6O3.HI/c1-24-23(29-10-9-16-11-19(31-3)20(32-4)12-17(16)14-29)25-13-21-26-22(28-27-21)15-5-7-18(30-2)8-6-15;/h5-8,11-12H,9-10,13-14H2,1-4H3,(H,24,25)(H,26,27,28);1H. The molecule has 4 rings (SSSR count). The largest absolute Gasteiger partial charge is 0.497 e. The fraction of sp³-hybridized carbons (Fsp3) is 0.348. The average molecular weight is 564 g/mol. The predicted molar refractivity (Wildman–Crippen MR) is 138 cm³/mol. The number of aliphatic imine (C=N–C) groups is 1. The summed E-state index contributed by atoms with van der Waals surface area (Å²) in [5, 5.41) is 10.7. The number of hydrogen-bond acceptors (Lipinski definition) is 6. The normalized spacial score (nSPS) is 13.1. The van der Waals surface area contributed by atoms with Crippen LogP contribution < -0.4 is 19.5 Å². The zero-order valence-corrected chi connectivity index (χ0v) is 21.5. The van der Waals surface area contributed by atoms with Gasteiger partial charge in [0.1, 0.15) is 11.6 Å². The van der Waals surface area contributed by atoms with Crippen LogP contribution in [0.2, 0.25) is 0 Å². The van der Waals surface area contributed by atoms with Crippen molar-refractivity contribution in [2.45, 2.75) is 19.5 Å². The van der Waals surface area contributed by atoms with Gasteiger partial charge in [-0.3, -0.25) is 10.1 Å². The topological polar surface area (TPSA) is 96.9 Å². The molecule has 0 atom stereocenters. The summed E-state index contributed by atoms with van der Waals surface area (Å²) >= 11 is 0. The highest BCUT2D eigenvalue weighted by atomic mass is 127. The van der Waals surface area contributed by atoms with Crippen molar-refractivity contribution < 1.29 is 14.2 Å². The summed E-state index contributed by atoms with van der Waals surface area (Å²) < 4.78 is 16.1. The third-order valence-corrected chi connectivity index (χ3v) is 5.52. The number of nitrogens with zero attached hydrogens (tertiary/aromatic N) is 4. The van der Waals surface area contributed by atoms with Gasteiger partial charge in [0.15, 0.2) is 23.3 Å². The number of guanidine groups is 1. The molecule has 0 unspecified atom stereocenters. The summed E-state index contributed by atoms with van der Waals surface area (Å²) in [6.45, 7) is 2.09. The average Bonchev–Trinajstić information content (AvgIpc) is 3.32. The number of fused-ring (bicyclic) bond motifs is 1. The first kappa shape index (κ1) is 24.6. The molecule has 33 heavy (non-hydrogen) atoms. The van der Waals surface area contributed by atoms with Crippen LogP contribution in [0, 0.1) is 0 Å². The molecule has 1 aliphatic heterocycles. The molecule has 3 aromatic rings. The maximum absolute atomic E-state index is 5.47. The molecule has 1 aromatic heterocycles. The number of nitrogens with one attached hydrogen (secondary N) is 2. The Balaban J connectivity index is 0.00000306. The molecule has 0 aliphatic carbocycles. The first-order valence-electron chi connectivity index (χ1n) is 10.4. The molecule has 2 aromatic carbocycles. The highest BCUT2D eigenvalue weighted by Crippen LogP contribution is 2.33. The second kappa shape index (κ2) is 11.2. The number of ether oxygens (including phenoxy) is 3. The van der Waals surface area contributed by atoms with Gasteiger partial charge in [0.2, 0.25) is 0 Å². The summed E-state index contributed by atoms with van der Waals surface area (Å²) in [4.78, 5) is 11.3. The highest BCUT2D eigenvalue weighted by Gasteiger charge is 2.22. The van der Waals surface area contributed by atoms with E-state index in [4.69, 9.17) is 14.2 Å². The molecule has 0 radical (unpaired) electrons. The summed E-state index contributed by atoms with van der Waals surface area (Å²) in [7, 11) is 6.75. The third-order valence-electron chi connectivity index (χ3n) is 5.52. The minimum absolute atomic E-state index is 0. The van der Waals surface area contributed by atoms with E-state index in [1.807, 2.05) is 30.3 Å². The Morgan fingerprint density at radius 2 is 1.76 bits per heavy atom. The fourth-order valence-corrected chi connectivity index (χ4v) is 3.80. The van der Waals surface area contributed by atoms with Gasteiger partial charge in [-0.25, -0.2) is 4.98 Å². The summed E-state index contributed by atoms with van der Waals surface area (Å²) in [5.74, 6) is 4.50. The number of benzene rings is 2. The fourth-order valence-electron chi connectivity index (χ4n) is 3.80. The number of rotatable bonds is 6. The Morgan fingerprint density at radius 1 is 1.06 bits per heavy atom. The number of hydrogen-bond donors (Lipinski definition) is 2. The molecule has 9 nitrogen and oxygen atoms in total. The Kier molecular flexibility index (Phi) is 8.37. The van der Waals surface area contributed by atoms with Crippen LogP contribution >= 0.6 is 24.0 Å². The Labute approximate surface area is 210 Å². The predicted octanol–water partition coefficient (Wildman–Crippen LogP) is 3.25. The number of aromatic nitrogens is 3. The van der Waals surface area contributed by atoms with Crippen LogP contribution in [0.15, 0.2) is 41.4 Å². The second-order valence-electron chi connectivity index (χ2n) is 7.38. The monoisotopic (exact) mass is 564 g/mol. The van der Waals surface area contributed by atoms with E-state index in [-0.39, 0.29) is 24.0 Å². The zero-order valence-electron chi connectivity index (χ0n) is 19.2. The van der Waals surface area contributed by atoms with Gasteiger partial charge in [0.25, 0.3) is 0 Å². The van der Waals surface area contributed by atoms with Crippen LogP contribution in [-0.4, -0.2) is 61.0 Å². The van der Waals surface area contributed by atoms with Crippen molar-refractivity contribution in [2.24, 2.45) is 4.99 Å². The van der Waals surface area contributed by atoms with Gasteiger partial charge in [-0.1, -0.05) is 0 Å². The maximum Gasteiger partial charge on any atom is 0.194 e. The molecule has 0 spiro atoms. The molecule has 1 aliphatic rings. The number of methoxy groups -OCH3 is 3. The van der Waals surface area contributed by atoms with Crippen molar-refractivity contribution >= 4 is 29.9 Å². The van der Waals surface area contributed by atoms with Gasteiger partial charge in [-0.2, -0.15) is 5.10 Å². The van der Waals surface area contributed by atoms with E-state index in [1.54, 1.807) is 28.4 Å². The smallest absolute Gasteiger partial charge is 0.194 e. The van der Waals surface area contributed by atoms with Crippen molar-refractivity contribution in [2.75, 3.05) is 34.9 Å². The zero-order chi connectivity index (χ0) is 22.5. The first-order valence-corrected chi connectivity index (χ1v) is 10.4. The van der Waals surface area contributed by atoms with Crippen LogP contribution in [0.25, 0.3) is 11.4 Å². The summed E-state index contributed by atoms with van der Waals surface area (Å²) in [5.41, 5.74) is 3.40. The van der Waals surface area contributed by atoms with Gasteiger partial charge < -0.3 is 24.4 Å². The number of halogens is 1. The molecule has 2 heterocycles. The lowest BCUT2D eigenvalue weighted by Crippen LogP contribution is -2.43. The Morgan fingerprint density at radius 3 is 2.39 bits per heavy atom. The van der Waals surface area contributed by atoms with E-state index in [0.29, 0.717) is 12.4 Å². The van der Waals surface area contributed by atoms with Gasteiger partial charge in [-0.05, 0) is 53.9 Å². The van der Waals surface area contributed by atoms with Crippen LogP contribution in [0.4, 0.5) is 0 Å². The van der Waals surface area contributed by atoms with E-state index in [2.05, 4.69) is 36.5 Å². The van der Waals surface area contributed by atoms with E-state index in [0.717, 1.165) is 54.1 Å². The van der Waals surface area contributed by atoms with Crippen molar-refractivity contribution in [3.05, 3.63) is 53.3 Å². The molecule has 10 heteroatoms. The summed E-state index contributed by atoms with van der Waals surface area (Å²) in [6, 6.07) is 11.8. The molecular weight excluding hydrogens is 535 g/mol. The van der Waals surface area contributed by atoms with E-state index < -0.39 is 0 Å². The molecule has 0 amide bonds. The van der Waals surface area contributed by atoms with Gasteiger partial charge in [0, 0.05) is 25.7 Å². The van der Waals surface area contributed by atoms with Crippen LogP contribution in [0.3, 0.4) is 0 Å². The van der Waals surface area contributed by atoms with Crippen molar-refractivity contribution in [3.63, 3.8) is 0 Å². The minimum Gasteiger partial charge on any atom is -0.497 e. The van der Waals surface area contributed by atoms with E-state index in [9.17, 15) is 0 Å².